The Morgan fingerprint density at radius 3 is 2.73 bits per heavy atom. The summed E-state index contributed by atoms with van der Waals surface area (Å²) in [6, 6.07) is 8.45. The molecule has 3 atom stereocenters. The van der Waals surface area contributed by atoms with Gasteiger partial charge in [-0.2, -0.15) is 0 Å². The normalized spacial score (nSPS) is 21.4. The van der Waals surface area contributed by atoms with Crippen LogP contribution in [-0.4, -0.2) is 32.0 Å². The summed E-state index contributed by atoms with van der Waals surface area (Å²) in [6.07, 6.45) is 4.78. The number of amides is 1. The first-order valence-corrected chi connectivity index (χ1v) is 10.3. The third-order valence-corrected chi connectivity index (χ3v) is 6.45. The van der Waals surface area contributed by atoms with Gasteiger partial charge in [-0.05, 0) is 38.2 Å². The number of hydrogen-bond donors (Lipinski definition) is 1. The van der Waals surface area contributed by atoms with E-state index in [1.54, 1.807) is 0 Å². The number of aromatic nitrogens is 3. The average Bonchev–Trinajstić information content (AvgIpc) is 2.98. The van der Waals surface area contributed by atoms with Crippen molar-refractivity contribution in [3.63, 3.8) is 0 Å². The predicted octanol–water partition coefficient (Wildman–Crippen LogP) is 3.97. The van der Waals surface area contributed by atoms with Gasteiger partial charge in [0.25, 0.3) is 0 Å². The van der Waals surface area contributed by atoms with Crippen LogP contribution in [0.25, 0.3) is 11.4 Å². The van der Waals surface area contributed by atoms with Gasteiger partial charge in [0.05, 0.1) is 5.25 Å². The van der Waals surface area contributed by atoms with Crippen LogP contribution >= 0.6 is 11.8 Å². The van der Waals surface area contributed by atoms with Crippen LogP contribution in [0.4, 0.5) is 0 Å². The maximum atomic E-state index is 12.6. The fraction of sp³-hybridized carbons (Fsp3) is 0.550. The highest BCUT2D eigenvalue weighted by atomic mass is 32.2. The quantitative estimate of drug-likeness (QED) is 0.807. The third kappa shape index (κ3) is 4.11. The second kappa shape index (κ2) is 8.25. The van der Waals surface area contributed by atoms with E-state index in [1.807, 2.05) is 36.7 Å². The topological polar surface area (TPSA) is 59.8 Å². The molecule has 0 unspecified atom stereocenters. The summed E-state index contributed by atoms with van der Waals surface area (Å²) in [5.74, 6) is 1.49. The van der Waals surface area contributed by atoms with E-state index in [2.05, 4.69) is 35.4 Å². The smallest absolute Gasteiger partial charge is 0.233 e. The van der Waals surface area contributed by atoms with Crippen LogP contribution in [0, 0.1) is 12.8 Å². The molecule has 1 N–H and O–H groups in total. The molecule has 3 rings (SSSR count). The highest BCUT2D eigenvalue weighted by molar-refractivity contribution is 8.00. The number of carbonyl (C=O) groups is 1. The molecule has 1 aliphatic carbocycles. The molecule has 0 spiro atoms. The van der Waals surface area contributed by atoms with Crippen LogP contribution in [0.3, 0.4) is 0 Å². The maximum absolute atomic E-state index is 12.6. The Labute approximate surface area is 160 Å². The van der Waals surface area contributed by atoms with Crippen molar-refractivity contribution in [1.29, 1.82) is 0 Å². The van der Waals surface area contributed by atoms with Gasteiger partial charge < -0.3 is 9.88 Å². The van der Waals surface area contributed by atoms with Gasteiger partial charge in [0, 0.05) is 18.7 Å². The highest BCUT2D eigenvalue weighted by Crippen LogP contribution is 2.28. The molecule has 0 aliphatic heterocycles. The Balaban J connectivity index is 1.67. The van der Waals surface area contributed by atoms with Crippen LogP contribution in [0.5, 0.6) is 0 Å². The van der Waals surface area contributed by atoms with Crippen LogP contribution in [0.15, 0.2) is 29.4 Å². The van der Waals surface area contributed by atoms with Crippen molar-refractivity contribution in [2.45, 2.75) is 62.9 Å². The Morgan fingerprint density at radius 2 is 2.00 bits per heavy atom. The zero-order valence-electron chi connectivity index (χ0n) is 16.0. The number of rotatable bonds is 5. The molecule has 5 nitrogen and oxygen atoms in total. The van der Waals surface area contributed by atoms with E-state index in [9.17, 15) is 4.79 Å². The second-order valence-corrected chi connectivity index (χ2v) is 8.62. The Morgan fingerprint density at radius 1 is 1.27 bits per heavy atom. The number of nitrogens with one attached hydrogen (secondary N) is 1. The molecule has 1 aromatic heterocycles. The van der Waals surface area contributed by atoms with Crippen molar-refractivity contribution in [3.8, 4) is 11.4 Å². The summed E-state index contributed by atoms with van der Waals surface area (Å²) >= 11 is 1.47. The molecule has 1 fully saturated rings. The SMILES string of the molecule is Cc1ccccc1-c1nnc(S[C@H](C)C(=O)N[C@H]2CCCC[C@@H]2C)n1C. The number of carbonyl (C=O) groups excluding carboxylic acids is 1. The van der Waals surface area contributed by atoms with Crippen molar-refractivity contribution in [2.24, 2.45) is 13.0 Å². The molecule has 140 valence electrons. The minimum absolute atomic E-state index is 0.0918. The Hall–Kier alpha value is -1.82. The molecular formula is C20H28N4OS. The van der Waals surface area contributed by atoms with Gasteiger partial charge in [-0.1, -0.05) is 55.8 Å². The van der Waals surface area contributed by atoms with Crippen molar-refractivity contribution in [2.75, 3.05) is 0 Å². The summed E-state index contributed by atoms with van der Waals surface area (Å²) in [7, 11) is 1.96. The van der Waals surface area contributed by atoms with E-state index >= 15 is 0 Å². The molecule has 1 aliphatic rings. The van der Waals surface area contributed by atoms with Crippen LogP contribution in [-0.2, 0) is 11.8 Å². The van der Waals surface area contributed by atoms with Crippen LogP contribution in [0.1, 0.15) is 45.1 Å². The molecule has 0 bridgehead atoms. The second-order valence-electron chi connectivity index (χ2n) is 7.32. The molecule has 6 heteroatoms. The van der Waals surface area contributed by atoms with Crippen molar-refractivity contribution < 1.29 is 4.79 Å². The molecule has 1 heterocycles. The fourth-order valence-corrected chi connectivity index (χ4v) is 4.34. The van der Waals surface area contributed by atoms with Crippen LogP contribution in [0.2, 0.25) is 0 Å². The lowest BCUT2D eigenvalue weighted by Gasteiger charge is -2.30. The lowest BCUT2D eigenvalue weighted by Crippen LogP contribution is -2.44. The van der Waals surface area contributed by atoms with Crippen molar-refractivity contribution in [1.82, 2.24) is 20.1 Å². The number of nitrogens with zero attached hydrogens (tertiary/aromatic N) is 3. The lowest BCUT2D eigenvalue weighted by molar-refractivity contribution is -0.121. The fourth-order valence-electron chi connectivity index (χ4n) is 3.52. The van der Waals surface area contributed by atoms with Crippen molar-refractivity contribution >= 4 is 17.7 Å². The lowest BCUT2D eigenvalue weighted by atomic mass is 9.86. The first-order valence-electron chi connectivity index (χ1n) is 9.39. The zero-order chi connectivity index (χ0) is 18.7. The number of aryl methyl sites for hydroxylation is 1. The third-order valence-electron chi connectivity index (χ3n) is 5.31. The first-order chi connectivity index (χ1) is 12.5. The van der Waals surface area contributed by atoms with Crippen molar-refractivity contribution in [3.05, 3.63) is 29.8 Å². The van der Waals surface area contributed by atoms with Gasteiger partial charge in [0.2, 0.25) is 5.91 Å². The van der Waals surface area contributed by atoms with Gasteiger partial charge in [-0.25, -0.2) is 0 Å². The minimum atomic E-state index is -0.197. The molecule has 1 saturated carbocycles. The minimum Gasteiger partial charge on any atom is -0.352 e. The number of hydrogen-bond acceptors (Lipinski definition) is 4. The standard InChI is InChI=1S/C20H28N4OS/c1-13-9-5-7-11-16(13)18-22-23-20(24(18)4)26-15(3)19(25)21-17-12-8-6-10-14(17)2/h5,7,9,11,14-15,17H,6,8,10,12H2,1-4H3,(H,21,25)/t14-,15+,17-/m0/s1. The summed E-state index contributed by atoms with van der Waals surface area (Å²) in [5, 5.41) is 12.5. The maximum Gasteiger partial charge on any atom is 0.233 e. The van der Waals surface area contributed by atoms with Gasteiger partial charge in [-0.15, -0.1) is 10.2 Å². The average molecular weight is 373 g/mol. The Kier molecular flexibility index (Phi) is 6.01. The van der Waals surface area contributed by atoms with E-state index in [0.29, 0.717) is 12.0 Å². The van der Waals surface area contributed by atoms with Crippen LogP contribution < -0.4 is 5.32 Å². The van der Waals surface area contributed by atoms with E-state index in [4.69, 9.17) is 0 Å². The highest BCUT2D eigenvalue weighted by Gasteiger charge is 2.26. The van der Waals surface area contributed by atoms with Gasteiger partial charge in [0.15, 0.2) is 11.0 Å². The van der Waals surface area contributed by atoms with Gasteiger partial charge in [0.1, 0.15) is 0 Å². The van der Waals surface area contributed by atoms with Gasteiger partial charge in [-0.3, -0.25) is 4.79 Å². The summed E-state index contributed by atoms with van der Waals surface area (Å²) < 4.78 is 1.97. The molecule has 1 aromatic carbocycles. The zero-order valence-corrected chi connectivity index (χ0v) is 16.8. The number of benzene rings is 1. The van der Waals surface area contributed by atoms with E-state index in [1.165, 1.54) is 31.0 Å². The molecule has 2 aromatic rings. The summed E-state index contributed by atoms with van der Waals surface area (Å²) in [5.41, 5.74) is 2.24. The Bertz CT molecular complexity index is 773. The van der Waals surface area contributed by atoms with Gasteiger partial charge >= 0.3 is 0 Å². The summed E-state index contributed by atoms with van der Waals surface area (Å²) in [6.45, 7) is 6.24. The molecule has 26 heavy (non-hydrogen) atoms. The monoisotopic (exact) mass is 372 g/mol. The first kappa shape index (κ1) is 19.0. The van der Waals surface area contributed by atoms with E-state index in [-0.39, 0.29) is 11.2 Å². The molecular weight excluding hydrogens is 344 g/mol. The van der Waals surface area contributed by atoms with E-state index < -0.39 is 0 Å². The number of thioether (sulfide) groups is 1. The molecule has 1 amide bonds. The largest absolute Gasteiger partial charge is 0.352 e. The molecule has 0 radical (unpaired) electrons. The predicted molar refractivity (Wildman–Crippen MR) is 106 cm³/mol. The van der Waals surface area contributed by atoms with E-state index in [0.717, 1.165) is 28.5 Å². The summed E-state index contributed by atoms with van der Waals surface area (Å²) in [4.78, 5) is 12.6. The molecule has 0 saturated heterocycles.